The van der Waals surface area contributed by atoms with Gasteiger partial charge in [0.25, 0.3) is 0 Å². The molecule has 7 heteroatoms. The molecule has 1 aromatic carbocycles. The topological polar surface area (TPSA) is 58.0 Å². The van der Waals surface area contributed by atoms with E-state index >= 15 is 0 Å². The van der Waals surface area contributed by atoms with Gasteiger partial charge >= 0.3 is 0 Å². The molecule has 1 aliphatic rings. The SMILES string of the molecule is OC1CCCCC1Nc1nnc(-c2cc(Br)ccc2F)s1. The van der Waals surface area contributed by atoms with E-state index in [2.05, 4.69) is 31.4 Å². The molecule has 1 aromatic heterocycles. The highest BCUT2D eigenvalue weighted by atomic mass is 79.9. The van der Waals surface area contributed by atoms with Crippen LogP contribution >= 0.6 is 27.3 Å². The minimum Gasteiger partial charge on any atom is -0.391 e. The number of hydrogen-bond acceptors (Lipinski definition) is 5. The smallest absolute Gasteiger partial charge is 0.206 e. The van der Waals surface area contributed by atoms with E-state index in [1.54, 1.807) is 12.1 Å². The van der Waals surface area contributed by atoms with Crippen molar-refractivity contribution in [3.63, 3.8) is 0 Å². The average molecular weight is 372 g/mol. The van der Waals surface area contributed by atoms with Gasteiger partial charge in [0.05, 0.1) is 12.1 Å². The van der Waals surface area contributed by atoms with Gasteiger partial charge in [-0.2, -0.15) is 0 Å². The predicted molar refractivity (Wildman–Crippen MR) is 84.9 cm³/mol. The number of aromatic nitrogens is 2. The van der Waals surface area contributed by atoms with E-state index in [-0.39, 0.29) is 18.0 Å². The second-order valence-electron chi connectivity index (χ2n) is 5.14. The Bertz CT molecular complexity index is 636. The minimum absolute atomic E-state index is 0.00639. The Kier molecular flexibility index (Phi) is 4.51. The summed E-state index contributed by atoms with van der Waals surface area (Å²) in [6.45, 7) is 0. The summed E-state index contributed by atoms with van der Waals surface area (Å²) in [5, 5.41) is 22.4. The molecule has 21 heavy (non-hydrogen) atoms. The van der Waals surface area contributed by atoms with Crippen LogP contribution in [0.4, 0.5) is 9.52 Å². The fourth-order valence-corrected chi connectivity index (χ4v) is 3.67. The van der Waals surface area contributed by atoms with E-state index < -0.39 is 0 Å². The average Bonchev–Trinajstić information content (AvgIpc) is 2.92. The third-order valence-corrected chi connectivity index (χ3v) is 5.00. The highest BCUT2D eigenvalue weighted by Crippen LogP contribution is 2.32. The van der Waals surface area contributed by atoms with Gasteiger partial charge in [-0.15, -0.1) is 10.2 Å². The van der Waals surface area contributed by atoms with E-state index in [1.165, 1.54) is 17.4 Å². The predicted octanol–water partition coefficient (Wildman–Crippen LogP) is 3.82. The second kappa shape index (κ2) is 6.37. The van der Waals surface area contributed by atoms with Gasteiger partial charge in [-0.3, -0.25) is 0 Å². The van der Waals surface area contributed by atoms with Gasteiger partial charge in [0.2, 0.25) is 5.13 Å². The molecule has 1 aliphatic carbocycles. The molecule has 4 nitrogen and oxygen atoms in total. The first-order valence-corrected chi connectivity index (χ1v) is 8.48. The maximum atomic E-state index is 13.8. The molecule has 2 N–H and O–H groups in total. The summed E-state index contributed by atoms with van der Waals surface area (Å²) in [5.74, 6) is -0.321. The molecule has 0 saturated heterocycles. The summed E-state index contributed by atoms with van der Waals surface area (Å²) < 4.78 is 14.6. The van der Waals surface area contributed by atoms with Crippen LogP contribution in [0.3, 0.4) is 0 Å². The fraction of sp³-hybridized carbons (Fsp3) is 0.429. The molecule has 2 aromatic rings. The van der Waals surface area contributed by atoms with Gasteiger partial charge in [-0.25, -0.2) is 4.39 Å². The van der Waals surface area contributed by atoms with Crippen LogP contribution in [-0.4, -0.2) is 27.4 Å². The van der Waals surface area contributed by atoms with Crippen LogP contribution in [0.2, 0.25) is 0 Å². The lowest BCUT2D eigenvalue weighted by molar-refractivity contribution is 0.116. The van der Waals surface area contributed by atoms with Crippen LogP contribution in [0.5, 0.6) is 0 Å². The second-order valence-corrected chi connectivity index (χ2v) is 7.03. The first kappa shape index (κ1) is 14.9. The molecule has 0 radical (unpaired) electrons. The summed E-state index contributed by atoms with van der Waals surface area (Å²) in [7, 11) is 0. The summed E-state index contributed by atoms with van der Waals surface area (Å²) in [4.78, 5) is 0. The summed E-state index contributed by atoms with van der Waals surface area (Å²) in [5.41, 5.74) is 0.430. The Balaban J connectivity index is 1.78. The third-order valence-electron chi connectivity index (χ3n) is 3.62. The van der Waals surface area contributed by atoms with Gasteiger partial charge in [-0.05, 0) is 31.0 Å². The Hall–Kier alpha value is -1.05. The summed E-state index contributed by atoms with van der Waals surface area (Å²) >= 11 is 4.63. The van der Waals surface area contributed by atoms with E-state index in [9.17, 15) is 9.50 Å². The van der Waals surface area contributed by atoms with E-state index in [1.807, 2.05) is 0 Å². The molecule has 0 spiro atoms. The Morgan fingerprint density at radius 3 is 2.90 bits per heavy atom. The minimum atomic E-state index is -0.353. The number of hydrogen-bond donors (Lipinski definition) is 2. The lowest BCUT2D eigenvalue weighted by Crippen LogP contribution is -2.36. The number of halogens is 2. The van der Waals surface area contributed by atoms with Gasteiger partial charge in [0.1, 0.15) is 5.82 Å². The normalized spacial score (nSPS) is 22.2. The molecule has 1 heterocycles. The van der Waals surface area contributed by atoms with Crippen LogP contribution in [0.25, 0.3) is 10.6 Å². The number of anilines is 1. The van der Waals surface area contributed by atoms with Crippen LogP contribution in [0.15, 0.2) is 22.7 Å². The zero-order valence-corrected chi connectivity index (χ0v) is 13.6. The van der Waals surface area contributed by atoms with Crippen LogP contribution in [-0.2, 0) is 0 Å². The number of benzene rings is 1. The zero-order valence-electron chi connectivity index (χ0n) is 11.2. The molecular weight excluding hydrogens is 357 g/mol. The van der Waals surface area contributed by atoms with Gasteiger partial charge in [0, 0.05) is 10.0 Å². The van der Waals surface area contributed by atoms with Crippen molar-refractivity contribution in [2.24, 2.45) is 0 Å². The quantitative estimate of drug-likeness (QED) is 0.860. The molecule has 3 rings (SSSR count). The Morgan fingerprint density at radius 2 is 2.10 bits per heavy atom. The molecule has 0 aliphatic heterocycles. The Morgan fingerprint density at radius 1 is 1.29 bits per heavy atom. The monoisotopic (exact) mass is 371 g/mol. The maximum Gasteiger partial charge on any atom is 0.206 e. The lowest BCUT2D eigenvalue weighted by Gasteiger charge is -2.27. The highest BCUT2D eigenvalue weighted by Gasteiger charge is 2.24. The van der Waals surface area contributed by atoms with Gasteiger partial charge in [0.15, 0.2) is 5.01 Å². The van der Waals surface area contributed by atoms with Crippen molar-refractivity contribution in [2.75, 3.05) is 5.32 Å². The van der Waals surface area contributed by atoms with Crippen LogP contribution in [0, 0.1) is 5.82 Å². The van der Waals surface area contributed by atoms with Gasteiger partial charge in [-0.1, -0.05) is 40.1 Å². The summed E-state index contributed by atoms with van der Waals surface area (Å²) in [6.07, 6.45) is 3.53. The first-order valence-electron chi connectivity index (χ1n) is 6.87. The molecule has 0 amide bonds. The van der Waals surface area contributed by atoms with Gasteiger partial charge < -0.3 is 10.4 Å². The molecule has 112 valence electrons. The molecule has 1 saturated carbocycles. The number of aliphatic hydroxyl groups excluding tert-OH is 1. The van der Waals surface area contributed by atoms with E-state index in [0.29, 0.717) is 15.7 Å². The molecule has 2 unspecified atom stereocenters. The fourth-order valence-electron chi connectivity index (χ4n) is 2.49. The van der Waals surface area contributed by atoms with Crippen molar-refractivity contribution >= 4 is 32.4 Å². The van der Waals surface area contributed by atoms with E-state index in [4.69, 9.17) is 0 Å². The van der Waals surface area contributed by atoms with Crippen LogP contribution in [0.1, 0.15) is 25.7 Å². The number of rotatable bonds is 3. The molecule has 0 bridgehead atoms. The molecule has 1 fully saturated rings. The van der Waals surface area contributed by atoms with Crippen molar-refractivity contribution in [3.05, 3.63) is 28.5 Å². The third kappa shape index (κ3) is 3.41. The van der Waals surface area contributed by atoms with Crippen molar-refractivity contribution in [1.82, 2.24) is 10.2 Å². The number of nitrogens with one attached hydrogen (secondary N) is 1. The van der Waals surface area contributed by atoms with Crippen molar-refractivity contribution in [1.29, 1.82) is 0 Å². The standard InChI is InChI=1S/C14H15BrFN3OS/c15-8-5-6-10(16)9(7-8)13-18-19-14(21-13)17-11-3-1-2-4-12(11)20/h5-7,11-12,20H,1-4H2,(H,17,19). The lowest BCUT2D eigenvalue weighted by atomic mass is 9.93. The Labute approximate surface area is 134 Å². The number of aliphatic hydroxyl groups is 1. The maximum absolute atomic E-state index is 13.8. The summed E-state index contributed by atoms with van der Waals surface area (Å²) in [6, 6.07) is 4.75. The molecular formula is C14H15BrFN3OS. The zero-order chi connectivity index (χ0) is 14.8. The first-order chi connectivity index (χ1) is 10.1. The van der Waals surface area contributed by atoms with Crippen molar-refractivity contribution < 1.29 is 9.50 Å². The number of nitrogens with zero attached hydrogens (tertiary/aromatic N) is 2. The highest BCUT2D eigenvalue weighted by molar-refractivity contribution is 9.10. The van der Waals surface area contributed by atoms with Crippen molar-refractivity contribution in [3.8, 4) is 10.6 Å². The molecule has 2 atom stereocenters. The van der Waals surface area contributed by atoms with Crippen molar-refractivity contribution in [2.45, 2.75) is 37.8 Å². The largest absolute Gasteiger partial charge is 0.391 e. The van der Waals surface area contributed by atoms with Crippen LogP contribution < -0.4 is 5.32 Å². The van der Waals surface area contributed by atoms with E-state index in [0.717, 1.165) is 30.2 Å².